The molecule has 9 nitrogen and oxygen atoms in total. The molecule has 0 aromatic carbocycles. The van der Waals surface area contributed by atoms with Crippen LogP contribution in [0.4, 0.5) is 0 Å². The van der Waals surface area contributed by atoms with E-state index in [0.29, 0.717) is 18.9 Å². The van der Waals surface area contributed by atoms with Gasteiger partial charge in [0.2, 0.25) is 11.8 Å². The summed E-state index contributed by atoms with van der Waals surface area (Å²) in [6, 6.07) is 0. The van der Waals surface area contributed by atoms with Gasteiger partial charge in [0, 0.05) is 33.2 Å². The first-order valence-electron chi connectivity index (χ1n) is 10.2. The number of nitrogens with zero attached hydrogens (tertiary/aromatic N) is 4. The summed E-state index contributed by atoms with van der Waals surface area (Å²) in [6.07, 6.45) is 6.11. The fraction of sp³-hybridized carbons (Fsp3) is 0.789. The number of ether oxygens (including phenoxy) is 1. The monoisotopic (exact) mass is 391 g/mol. The zero-order valence-electron chi connectivity index (χ0n) is 16.5. The minimum Gasteiger partial charge on any atom is -0.376 e. The molecule has 9 heteroatoms. The summed E-state index contributed by atoms with van der Waals surface area (Å²) in [7, 11) is 1.54. The Morgan fingerprint density at radius 3 is 2.86 bits per heavy atom. The zero-order chi connectivity index (χ0) is 19.6. The number of carbonyl (C=O) groups is 2. The summed E-state index contributed by atoms with van der Waals surface area (Å²) in [6.45, 7) is 4.83. The van der Waals surface area contributed by atoms with Gasteiger partial charge in [-0.3, -0.25) is 14.5 Å². The fourth-order valence-electron chi connectivity index (χ4n) is 4.61. The molecule has 3 aliphatic heterocycles. The van der Waals surface area contributed by atoms with Gasteiger partial charge in [0.15, 0.2) is 0 Å². The van der Waals surface area contributed by atoms with E-state index in [-0.39, 0.29) is 29.2 Å². The van der Waals surface area contributed by atoms with Gasteiger partial charge < -0.3 is 19.5 Å². The van der Waals surface area contributed by atoms with Gasteiger partial charge in [-0.05, 0) is 50.6 Å². The first-order chi connectivity index (χ1) is 13.6. The molecule has 1 aromatic rings. The minimum atomic E-state index is -0.342. The van der Waals surface area contributed by atoms with Crippen LogP contribution < -0.4 is 5.32 Å². The lowest BCUT2D eigenvalue weighted by molar-refractivity contribution is -0.141. The Kier molecular flexibility index (Phi) is 5.63. The van der Waals surface area contributed by atoms with Crippen LogP contribution in [0.5, 0.6) is 0 Å². The molecule has 0 saturated carbocycles. The zero-order valence-corrected chi connectivity index (χ0v) is 16.5. The van der Waals surface area contributed by atoms with Gasteiger partial charge in [-0.2, -0.15) is 4.98 Å². The first kappa shape index (κ1) is 19.3. The van der Waals surface area contributed by atoms with Crippen LogP contribution >= 0.6 is 0 Å². The number of hydrogen-bond donors (Lipinski definition) is 1. The molecule has 3 saturated heterocycles. The maximum atomic E-state index is 12.4. The van der Waals surface area contributed by atoms with Crippen molar-refractivity contribution in [3.63, 3.8) is 0 Å². The van der Waals surface area contributed by atoms with Crippen LogP contribution in [-0.2, 0) is 16.1 Å². The average Bonchev–Trinajstić information content (AvgIpc) is 3.38. The molecule has 0 radical (unpaired) electrons. The maximum Gasteiger partial charge on any atom is 0.292 e. The van der Waals surface area contributed by atoms with Crippen LogP contribution in [0.25, 0.3) is 0 Å². The molecular weight excluding hydrogens is 362 g/mol. The number of nitrogens with one attached hydrogen (secondary N) is 1. The largest absolute Gasteiger partial charge is 0.376 e. The summed E-state index contributed by atoms with van der Waals surface area (Å²) in [4.78, 5) is 32.4. The van der Waals surface area contributed by atoms with Gasteiger partial charge in [-0.1, -0.05) is 5.16 Å². The highest BCUT2D eigenvalue weighted by Gasteiger charge is 2.41. The SMILES string of the molecule is CNC(=O)c1noc(CN2CCC3(CCC(=O)N(C[C@@H]4CCCO4)C3)CC2)n1. The Hall–Kier alpha value is -2.00. The van der Waals surface area contributed by atoms with E-state index in [0.717, 1.165) is 64.9 Å². The van der Waals surface area contributed by atoms with E-state index in [1.54, 1.807) is 7.05 Å². The topological polar surface area (TPSA) is 101 Å². The third kappa shape index (κ3) is 4.20. The van der Waals surface area contributed by atoms with Crippen LogP contribution in [-0.4, -0.2) is 77.7 Å². The normalized spacial score (nSPS) is 25.4. The molecule has 28 heavy (non-hydrogen) atoms. The number of hydrogen-bond acceptors (Lipinski definition) is 7. The van der Waals surface area contributed by atoms with Gasteiger partial charge in [0.25, 0.3) is 11.7 Å². The van der Waals surface area contributed by atoms with Crippen LogP contribution in [0.1, 0.15) is 55.0 Å². The van der Waals surface area contributed by atoms with E-state index in [1.165, 1.54) is 0 Å². The molecular formula is C19H29N5O4. The lowest BCUT2D eigenvalue weighted by atomic mass is 9.72. The quantitative estimate of drug-likeness (QED) is 0.793. The van der Waals surface area contributed by atoms with Crippen LogP contribution in [0, 0.1) is 5.41 Å². The number of amides is 2. The lowest BCUT2D eigenvalue weighted by Crippen LogP contribution is -2.52. The standard InChI is InChI=1S/C19H29N5O4/c1-20-18(26)17-21-15(28-22-17)12-23-8-6-19(7-9-23)5-4-16(25)24(13-19)11-14-3-2-10-27-14/h14H,2-13H2,1H3,(H,20,26)/t14-/m0/s1. The Bertz CT molecular complexity index is 707. The van der Waals surface area contributed by atoms with Crippen LogP contribution in [0.2, 0.25) is 0 Å². The second kappa shape index (κ2) is 8.16. The van der Waals surface area contributed by atoms with Crippen molar-refractivity contribution in [2.24, 2.45) is 5.41 Å². The third-order valence-corrected chi connectivity index (χ3v) is 6.37. The molecule has 4 rings (SSSR count). The molecule has 1 spiro atoms. The Balaban J connectivity index is 1.30. The van der Waals surface area contributed by atoms with Crippen molar-refractivity contribution < 1.29 is 18.8 Å². The summed E-state index contributed by atoms with van der Waals surface area (Å²) >= 11 is 0. The summed E-state index contributed by atoms with van der Waals surface area (Å²) < 4.78 is 10.9. The van der Waals surface area contributed by atoms with Crippen molar-refractivity contribution in [2.45, 2.75) is 51.2 Å². The highest BCUT2D eigenvalue weighted by molar-refractivity contribution is 5.89. The molecule has 1 aromatic heterocycles. The van der Waals surface area contributed by atoms with E-state index in [9.17, 15) is 9.59 Å². The van der Waals surface area contributed by atoms with E-state index < -0.39 is 0 Å². The number of aromatic nitrogens is 2. The second-order valence-electron chi connectivity index (χ2n) is 8.28. The summed E-state index contributed by atoms with van der Waals surface area (Å²) in [5, 5.41) is 6.21. The Labute approximate surface area is 164 Å². The Morgan fingerprint density at radius 1 is 1.32 bits per heavy atom. The Morgan fingerprint density at radius 2 is 2.14 bits per heavy atom. The number of likely N-dealkylation sites (tertiary alicyclic amines) is 2. The van der Waals surface area contributed by atoms with E-state index in [4.69, 9.17) is 9.26 Å². The molecule has 2 amide bonds. The smallest absolute Gasteiger partial charge is 0.292 e. The molecule has 3 fully saturated rings. The predicted molar refractivity (Wildman–Crippen MR) is 99.4 cm³/mol. The molecule has 1 atom stereocenters. The van der Waals surface area contributed by atoms with Crippen LogP contribution in [0.3, 0.4) is 0 Å². The van der Waals surface area contributed by atoms with Crippen molar-refractivity contribution >= 4 is 11.8 Å². The van der Waals surface area contributed by atoms with Gasteiger partial charge >= 0.3 is 0 Å². The second-order valence-corrected chi connectivity index (χ2v) is 8.28. The van der Waals surface area contributed by atoms with Crippen LogP contribution in [0.15, 0.2) is 4.52 Å². The minimum absolute atomic E-state index is 0.0709. The molecule has 0 aliphatic carbocycles. The van der Waals surface area contributed by atoms with Crippen molar-refractivity contribution in [1.29, 1.82) is 0 Å². The van der Waals surface area contributed by atoms with E-state index in [1.807, 2.05) is 4.90 Å². The van der Waals surface area contributed by atoms with Gasteiger partial charge in [0.05, 0.1) is 12.6 Å². The predicted octanol–water partition coefficient (Wildman–Crippen LogP) is 0.813. The lowest BCUT2D eigenvalue weighted by Gasteiger charge is -2.47. The molecule has 0 unspecified atom stereocenters. The van der Waals surface area contributed by atoms with E-state index in [2.05, 4.69) is 20.4 Å². The van der Waals surface area contributed by atoms with Crippen molar-refractivity contribution in [1.82, 2.24) is 25.3 Å². The highest BCUT2D eigenvalue weighted by atomic mass is 16.5. The van der Waals surface area contributed by atoms with Gasteiger partial charge in [0.1, 0.15) is 0 Å². The summed E-state index contributed by atoms with van der Waals surface area (Å²) in [5.74, 6) is 0.469. The van der Waals surface area contributed by atoms with Gasteiger partial charge in [-0.15, -0.1) is 0 Å². The number of piperidine rings is 2. The van der Waals surface area contributed by atoms with Crippen molar-refractivity contribution in [2.75, 3.05) is 39.8 Å². The maximum absolute atomic E-state index is 12.4. The molecule has 4 heterocycles. The van der Waals surface area contributed by atoms with Crippen molar-refractivity contribution in [3.05, 3.63) is 11.7 Å². The molecule has 1 N–H and O–H groups in total. The third-order valence-electron chi connectivity index (χ3n) is 6.37. The van der Waals surface area contributed by atoms with Gasteiger partial charge in [-0.25, -0.2) is 0 Å². The molecule has 154 valence electrons. The average molecular weight is 391 g/mol. The van der Waals surface area contributed by atoms with Crippen molar-refractivity contribution in [3.8, 4) is 0 Å². The summed E-state index contributed by atoms with van der Waals surface area (Å²) in [5.41, 5.74) is 0.213. The number of carbonyl (C=O) groups excluding carboxylic acids is 2. The number of rotatable bonds is 5. The van der Waals surface area contributed by atoms with E-state index >= 15 is 0 Å². The molecule has 3 aliphatic rings. The molecule has 0 bridgehead atoms. The first-order valence-corrected chi connectivity index (χ1v) is 10.2. The highest BCUT2D eigenvalue weighted by Crippen LogP contribution is 2.40. The fourth-order valence-corrected chi connectivity index (χ4v) is 4.61.